The minimum Gasteiger partial charge on any atom is -0.481 e. The Morgan fingerprint density at radius 3 is 2.16 bits per heavy atom. The van der Waals surface area contributed by atoms with Crippen molar-refractivity contribution in [2.24, 2.45) is 0 Å². The number of benzene rings is 3. The molecule has 1 unspecified atom stereocenters. The van der Waals surface area contributed by atoms with Crippen molar-refractivity contribution in [1.82, 2.24) is 4.37 Å². The molecule has 5 rings (SSSR count). The summed E-state index contributed by atoms with van der Waals surface area (Å²) in [6, 6.07) is 22.6. The van der Waals surface area contributed by atoms with Crippen molar-refractivity contribution >= 4 is 52.5 Å². The molecule has 1 heterocycles. The highest BCUT2D eigenvalue weighted by molar-refractivity contribution is 7.10. The Morgan fingerprint density at radius 1 is 0.973 bits per heavy atom. The van der Waals surface area contributed by atoms with Crippen LogP contribution in [0.25, 0.3) is 21.6 Å². The molecule has 6 nitrogen and oxygen atoms in total. The normalized spacial score (nSPS) is 14.6. The number of hydrogen-bond donors (Lipinski definition) is 2. The lowest BCUT2D eigenvalue weighted by Crippen LogP contribution is -2.19. The van der Waals surface area contributed by atoms with Crippen LogP contribution in [0.3, 0.4) is 0 Å². The van der Waals surface area contributed by atoms with Gasteiger partial charge in [0.1, 0.15) is 11.8 Å². The number of halogens is 2. The molecule has 0 aliphatic heterocycles. The summed E-state index contributed by atoms with van der Waals surface area (Å²) in [6.07, 6.45) is 0.133. The van der Waals surface area contributed by atoms with E-state index in [1.165, 1.54) is 11.5 Å². The van der Waals surface area contributed by atoms with Gasteiger partial charge in [0.05, 0.1) is 10.3 Å². The van der Waals surface area contributed by atoms with E-state index < -0.39 is 23.6 Å². The van der Waals surface area contributed by atoms with Gasteiger partial charge in [0, 0.05) is 10.6 Å². The standard InChI is InChI=1S/C28H22Cl2N2O4S/c1-16(21-4-2-3-5-22(21)29)36-27(35)31-23-24(37-32-25(23)30)19-8-6-17(7-9-19)18-10-12-20(13-11-18)28(14-15-28)26(33)34/h2-13,16H,14-15H2,1H3,(H,31,35)(H,33,34). The number of nitrogens with zero attached hydrogens (tertiary/aromatic N) is 1. The number of carboxylic acid groups (broad SMARTS) is 1. The van der Waals surface area contributed by atoms with E-state index in [9.17, 15) is 14.7 Å². The molecule has 1 amide bonds. The third kappa shape index (κ3) is 5.07. The number of aromatic nitrogens is 1. The molecule has 1 aliphatic carbocycles. The van der Waals surface area contributed by atoms with Crippen LogP contribution < -0.4 is 5.32 Å². The van der Waals surface area contributed by atoms with Crippen molar-refractivity contribution in [3.63, 3.8) is 0 Å². The Hall–Kier alpha value is -3.39. The monoisotopic (exact) mass is 552 g/mol. The number of carbonyl (C=O) groups is 2. The van der Waals surface area contributed by atoms with Crippen LogP contribution in [0.4, 0.5) is 10.5 Å². The highest BCUT2D eigenvalue weighted by Gasteiger charge is 2.51. The van der Waals surface area contributed by atoms with Crippen LogP contribution in [0, 0.1) is 0 Å². The van der Waals surface area contributed by atoms with Gasteiger partial charge in [0.15, 0.2) is 5.15 Å². The predicted octanol–water partition coefficient (Wildman–Crippen LogP) is 8.21. The quantitative estimate of drug-likeness (QED) is 0.241. The molecule has 0 saturated heterocycles. The highest BCUT2D eigenvalue weighted by atomic mass is 35.5. The molecule has 1 fully saturated rings. The zero-order chi connectivity index (χ0) is 26.2. The van der Waals surface area contributed by atoms with E-state index in [0.29, 0.717) is 34.0 Å². The zero-order valence-electron chi connectivity index (χ0n) is 19.7. The van der Waals surface area contributed by atoms with Crippen LogP contribution >= 0.6 is 34.7 Å². The number of ether oxygens (including phenoxy) is 1. The summed E-state index contributed by atoms with van der Waals surface area (Å²) < 4.78 is 9.71. The molecule has 2 N–H and O–H groups in total. The average molecular weight is 553 g/mol. The smallest absolute Gasteiger partial charge is 0.412 e. The van der Waals surface area contributed by atoms with Gasteiger partial charge in [-0.2, -0.15) is 4.37 Å². The third-order valence-corrected chi connectivity index (χ3v) is 8.20. The maximum Gasteiger partial charge on any atom is 0.412 e. The van der Waals surface area contributed by atoms with Gasteiger partial charge in [-0.25, -0.2) is 4.79 Å². The van der Waals surface area contributed by atoms with E-state index in [0.717, 1.165) is 22.3 Å². The van der Waals surface area contributed by atoms with Crippen molar-refractivity contribution in [3.05, 3.63) is 94.1 Å². The largest absolute Gasteiger partial charge is 0.481 e. The van der Waals surface area contributed by atoms with Gasteiger partial charge in [-0.15, -0.1) is 0 Å². The van der Waals surface area contributed by atoms with Crippen LogP contribution in [0.2, 0.25) is 10.2 Å². The first-order valence-electron chi connectivity index (χ1n) is 11.6. The Balaban J connectivity index is 1.30. The van der Waals surface area contributed by atoms with Gasteiger partial charge in [0.2, 0.25) is 0 Å². The number of rotatable bonds is 7. The Morgan fingerprint density at radius 2 is 1.57 bits per heavy atom. The minimum absolute atomic E-state index is 0.175. The molecule has 188 valence electrons. The van der Waals surface area contributed by atoms with Crippen LogP contribution in [-0.2, 0) is 14.9 Å². The van der Waals surface area contributed by atoms with E-state index >= 15 is 0 Å². The van der Waals surface area contributed by atoms with Crippen molar-refractivity contribution in [3.8, 4) is 21.6 Å². The fourth-order valence-corrected chi connectivity index (χ4v) is 5.62. The molecule has 1 atom stereocenters. The number of carboxylic acids is 1. The Labute approximate surface area is 228 Å². The molecule has 0 bridgehead atoms. The molecule has 1 aromatic heterocycles. The second-order valence-corrected chi connectivity index (χ2v) is 10.5. The molecule has 0 spiro atoms. The number of aliphatic carboxylic acids is 1. The Kier molecular flexibility index (Phi) is 6.94. The lowest BCUT2D eigenvalue weighted by atomic mass is 9.93. The van der Waals surface area contributed by atoms with E-state index in [4.69, 9.17) is 27.9 Å². The lowest BCUT2D eigenvalue weighted by molar-refractivity contribution is -0.140. The maximum absolute atomic E-state index is 12.6. The van der Waals surface area contributed by atoms with E-state index in [1.54, 1.807) is 19.1 Å². The molecule has 4 aromatic rings. The van der Waals surface area contributed by atoms with Gasteiger partial charge < -0.3 is 9.84 Å². The topological polar surface area (TPSA) is 88.5 Å². The predicted molar refractivity (Wildman–Crippen MR) is 147 cm³/mol. The van der Waals surface area contributed by atoms with Gasteiger partial charge in [-0.05, 0) is 59.6 Å². The number of carbonyl (C=O) groups excluding carboxylic acids is 1. The number of nitrogens with one attached hydrogen (secondary N) is 1. The van der Waals surface area contributed by atoms with Crippen LogP contribution in [0.15, 0.2) is 72.8 Å². The van der Waals surface area contributed by atoms with Crippen molar-refractivity contribution in [2.75, 3.05) is 5.32 Å². The first-order chi connectivity index (χ1) is 17.8. The summed E-state index contributed by atoms with van der Waals surface area (Å²) in [5, 5.41) is 12.9. The van der Waals surface area contributed by atoms with Crippen LogP contribution in [0.1, 0.15) is 37.0 Å². The zero-order valence-corrected chi connectivity index (χ0v) is 22.0. The summed E-state index contributed by atoms with van der Waals surface area (Å²) in [5.41, 5.74) is 4.00. The number of hydrogen-bond acceptors (Lipinski definition) is 5. The molecule has 3 aromatic carbocycles. The molecule has 37 heavy (non-hydrogen) atoms. The average Bonchev–Trinajstić information content (AvgIpc) is 3.64. The summed E-state index contributed by atoms with van der Waals surface area (Å²) >= 11 is 13.7. The highest BCUT2D eigenvalue weighted by Crippen LogP contribution is 2.48. The molecule has 1 saturated carbocycles. The number of amides is 1. The first-order valence-corrected chi connectivity index (χ1v) is 13.1. The van der Waals surface area contributed by atoms with E-state index in [-0.39, 0.29) is 5.15 Å². The van der Waals surface area contributed by atoms with Gasteiger partial charge in [-0.3, -0.25) is 10.1 Å². The fourth-order valence-electron chi connectivity index (χ4n) is 4.28. The van der Waals surface area contributed by atoms with Gasteiger partial charge in [0.25, 0.3) is 0 Å². The molecule has 0 radical (unpaired) electrons. The fraction of sp³-hybridized carbons (Fsp3) is 0.179. The molecule has 9 heteroatoms. The summed E-state index contributed by atoms with van der Waals surface area (Å²) in [4.78, 5) is 24.9. The van der Waals surface area contributed by atoms with Crippen molar-refractivity contribution in [2.45, 2.75) is 31.3 Å². The number of anilines is 1. The van der Waals surface area contributed by atoms with Crippen LogP contribution in [0.5, 0.6) is 0 Å². The van der Waals surface area contributed by atoms with E-state index in [1.807, 2.05) is 60.7 Å². The van der Waals surface area contributed by atoms with E-state index in [2.05, 4.69) is 9.69 Å². The second kappa shape index (κ2) is 10.2. The molecular formula is C28H22Cl2N2O4S. The summed E-state index contributed by atoms with van der Waals surface area (Å²) in [5.74, 6) is -0.764. The Bertz CT molecular complexity index is 1460. The SMILES string of the molecule is CC(OC(=O)Nc1c(Cl)nsc1-c1ccc(-c2ccc(C3(C(=O)O)CC3)cc2)cc1)c1ccccc1Cl. The van der Waals surface area contributed by atoms with Crippen molar-refractivity contribution in [1.29, 1.82) is 0 Å². The third-order valence-electron chi connectivity index (χ3n) is 6.58. The van der Waals surface area contributed by atoms with Crippen molar-refractivity contribution < 1.29 is 19.4 Å². The summed E-state index contributed by atoms with van der Waals surface area (Å²) in [6.45, 7) is 1.74. The second-order valence-electron chi connectivity index (χ2n) is 8.91. The maximum atomic E-state index is 12.6. The molecule has 1 aliphatic rings. The van der Waals surface area contributed by atoms with Gasteiger partial charge >= 0.3 is 12.1 Å². The molecular weight excluding hydrogens is 531 g/mol. The van der Waals surface area contributed by atoms with Gasteiger partial charge in [-0.1, -0.05) is 89.9 Å². The minimum atomic E-state index is -0.764. The lowest BCUT2D eigenvalue weighted by Gasteiger charge is -2.15. The summed E-state index contributed by atoms with van der Waals surface area (Å²) in [7, 11) is 0. The van der Waals surface area contributed by atoms with Crippen LogP contribution in [-0.4, -0.2) is 21.5 Å². The first kappa shape index (κ1) is 25.3.